The van der Waals surface area contributed by atoms with E-state index in [2.05, 4.69) is 10.3 Å². The molecule has 7 heteroatoms. The molecule has 1 amide bonds. The Balaban J connectivity index is 1.78. The lowest BCUT2D eigenvalue weighted by molar-refractivity contribution is -0.129. The Morgan fingerprint density at radius 1 is 1.25 bits per heavy atom. The topological polar surface area (TPSA) is 68.3 Å². The van der Waals surface area contributed by atoms with Gasteiger partial charge < -0.3 is 10.1 Å². The van der Waals surface area contributed by atoms with Crippen LogP contribution in [-0.2, 0) is 16.0 Å². The number of benzene rings is 1. The molecule has 1 atom stereocenters. The van der Waals surface area contributed by atoms with E-state index >= 15 is 0 Å². The Hall–Kier alpha value is -2.47. The van der Waals surface area contributed by atoms with Gasteiger partial charge >= 0.3 is 5.97 Å². The molecule has 2 rings (SSSR count). The zero-order chi connectivity index (χ0) is 17.5. The van der Waals surface area contributed by atoms with Crippen LogP contribution in [0.5, 0.6) is 0 Å². The highest BCUT2D eigenvalue weighted by Crippen LogP contribution is 2.08. The van der Waals surface area contributed by atoms with Gasteiger partial charge in [0.05, 0.1) is 5.56 Å². The number of ether oxygens (including phenoxy) is 1. The molecule has 0 aliphatic heterocycles. The lowest BCUT2D eigenvalue weighted by Crippen LogP contribution is -2.36. The average Bonchev–Trinajstić information content (AvgIpc) is 2.57. The quantitative estimate of drug-likeness (QED) is 0.642. The molecule has 2 aromatic rings. The van der Waals surface area contributed by atoms with Gasteiger partial charge in [0, 0.05) is 12.7 Å². The standard InChI is InChI=1S/C17H16ClFN2O3/c1-11(24-17(23)13-4-7-15(18)21-10-13)16(22)20-9-8-12-2-5-14(19)6-3-12/h2-7,10-11H,8-9H2,1H3,(H,20,22)/t11-/m1/s1. The van der Waals surface area contributed by atoms with E-state index in [1.165, 1.54) is 37.4 Å². The van der Waals surface area contributed by atoms with Crippen molar-refractivity contribution in [3.8, 4) is 0 Å². The third-order valence-electron chi connectivity index (χ3n) is 3.24. The second-order valence-electron chi connectivity index (χ2n) is 5.08. The summed E-state index contributed by atoms with van der Waals surface area (Å²) < 4.78 is 17.9. The fourth-order valence-corrected chi connectivity index (χ4v) is 2.02. The number of nitrogens with one attached hydrogen (secondary N) is 1. The summed E-state index contributed by atoms with van der Waals surface area (Å²) in [5, 5.41) is 2.93. The van der Waals surface area contributed by atoms with Crippen molar-refractivity contribution in [2.45, 2.75) is 19.4 Å². The second-order valence-corrected chi connectivity index (χ2v) is 5.47. The van der Waals surface area contributed by atoms with Gasteiger partial charge in [-0.05, 0) is 43.2 Å². The molecule has 24 heavy (non-hydrogen) atoms. The van der Waals surface area contributed by atoms with E-state index in [9.17, 15) is 14.0 Å². The van der Waals surface area contributed by atoms with Gasteiger partial charge in [0.25, 0.3) is 5.91 Å². The largest absolute Gasteiger partial charge is 0.449 e. The summed E-state index contributed by atoms with van der Waals surface area (Å²) in [6.07, 6.45) is 0.888. The Morgan fingerprint density at radius 3 is 2.58 bits per heavy atom. The van der Waals surface area contributed by atoms with Gasteiger partial charge in [-0.3, -0.25) is 4.79 Å². The van der Waals surface area contributed by atoms with E-state index in [0.29, 0.717) is 13.0 Å². The van der Waals surface area contributed by atoms with Crippen molar-refractivity contribution in [1.82, 2.24) is 10.3 Å². The molecule has 126 valence electrons. The van der Waals surface area contributed by atoms with Crippen LogP contribution in [0.4, 0.5) is 4.39 Å². The van der Waals surface area contributed by atoms with Gasteiger partial charge in [-0.25, -0.2) is 14.2 Å². The number of hydrogen-bond acceptors (Lipinski definition) is 4. The molecule has 0 fully saturated rings. The molecule has 0 spiro atoms. The molecule has 0 radical (unpaired) electrons. The third-order valence-corrected chi connectivity index (χ3v) is 3.47. The summed E-state index contributed by atoms with van der Waals surface area (Å²) in [5.41, 5.74) is 1.11. The molecular weight excluding hydrogens is 335 g/mol. The van der Waals surface area contributed by atoms with Crippen LogP contribution in [0.2, 0.25) is 5.15 Å². The Kier molecular flexibility index (Phi) is 6.26. The van der Waals surface area contributed by atoms with E-state index in [1.807, 2.05) is 0 Å². The molecule has 0 saturated carbocycles. The predicted octanol–water partition coefficient (Wildman–Crippen LogP) is 2.78. The molecule has 0 saturated heterocycles. The third kappa shape index (κ3) is 5.31. The monoisotopic (exact) mass is 350 g/mol. The van der Waals surface area contributed by atoms with Crippen molar-refractivity contribution in [1.29, 1.82) is 0 Å². The molecule has 0 bridgehead atoms. The fraction of sp³-hybridized carbons (Fsp3) is 0.235. The SMILES string of the molecule is C[C@@H](OC(=O)c1ccc(Cl)nc1)C(=O)NCCc1ccc(F)cc1. The highest BCUT2D eigenvalue weighted by molar-refractivity contribution is 6.29. The van der Waals surface area contributed by atoms with E-state index in [-0.39, 0.29) is 16.5 Å². The maximum atomic E-state index is 12.8. The number of carbonyl (C=O) groups excluding carboxylic acids is 2. The number of rotatable bonds is 6. The first-order valence-corrected chi connectivity index (χ1v) is 7.68. The van der Waals surface area contributed by atoms with Crippen molar-refractivity contribution < 1.29 is 18.7 Å². The smallest absolute Gasteiger partial charge is 0.340 e. The maximum Gasteiger partial charge on any atom is 0.340 e. The molecule has 0 unspecified atom stereocenters. The van der Waals surface area contributed by atoms with Crippen LogP contribution >= 0.6 is 11.6 Å². The normalized spacial score (nSPS) is 11.6. The summed E-state index contributed by atoms with van der Waals surface area (Å²) in [6, 6.07) is 8.96. The van der Waals surface area contributed by atoms with Gasteiger partial charge in [-0.1, -0.05) is 23.7 Å². The Labute approximate surface area is 143 Å². The van der Waals surface area contributed by atoms with Crippen molar-refractivity contribution in [3.05, 3.63) is 64.7 Å². The number of esters is 1. The zero-order valence-corrected chi connectivity index (χ0v) is 13.7. The highest BCUT2D eigenvalue weighted by Gasteiger charge is 2.18. The first-order valence-electron chi connectivity index (χ1n) is 7.30. The molecule has 1 N–H and O–H groups in total. The van der Waals surface area contributed by atoms with Crippen molar-refractivity contribution in [2.75, 3.05) is 6.54 Å². The van der Waals surface area contributed by atoms with Gasteiger partial charge in [-0.2, -0.15) is 0 Å². The van der Waals surface area contributed by atoms with Crippen LogP contribution in [0, 0.1) is 5.82 Å². The molecular formula is C17H16ClFN2O3. The lowest BCUT2D eigenvalue weighted by atomic mass is 10.1. The highest BCUT2D eigenvalue weighted by atomic mass is 35.5. The summed E-state index contributed by atoms with van der Waals surface area (Å²) in [6.45, 7) is 1.84. The minimum atomic E-state index is -0.943. The summed E-state index contributed by atoms with van der Waals surface area (Å²) >= 11 is 5.64. The first-order chi connectivity index (χ1) is 11.5. The Bertz CT molecular complexity index is 705. The minimum absolute atomic E-state index is 0.213. The number of halogens is 2. The summed E-state index contributed by atoms with van der Waals surface area (Å²) in [7, 11) is 0. The molecule has 1 aromatic carbocycles. The van der Waals surface area contributed by atoms with Crippen molar-refractivity contribution >= 4 is 23.5 Å². The molecule has 0 aliphatic rings. The minimum Gasteiger partial charge on any atom is -0.449 e. The van der Waals surface area contributed by atoms with Crippen molar-refractivity contribution in [2.24, 2.45) is 0 Å². The predicted molar refractivity (Wildman–Crippen MR) is 87.2 cm³/mol. The average molecular weight is 351 g/mol. The number of pyridine rings is 1. The number of hydrogen-bond donors (Lipinski definition) is 1. The fourth-order valence-electron chi connectivity index (χ4n) is 1.90. The van der Waals surface area contributed by atoms with Crippen LogP contribution in [0.15, 0.2) is 42.6 Å². The van der Waals surface area contributed by atoms with Gasteiger partial charge in [0.2, 0.25) is 0 Å². The van der Waals surface area contributed by atoms with Crippen LogP contribution in [0.25, 0.3) is 0 Å². The maximum absolute atomic E-state index is 12.8. The number of aromatic nitrogens is 1. The zero-order valence-electron chi connectivity index (χ0n) is 13.0. The van der Waals surface area contributed by atoms with Gasteiger partial charge in [-0.15, -0.1) is 0 Å². The van der Waals surface area contributed by atoms with E-state index in [4.69, 9.17) is 16.3 Å². The van der Waals surface area contributed by atoms with E-state index in [0.717, 1.165) is 5.56 Å². The van der Waals surface area contributed by atoms with Gasteiger partial charge in [0.15, 0.2) is 6.10 Å². The lowest BCUT2D eigenvalue weighted by Gasteiger charge is -2.13. The number of carbonyl (C=O) groups is 2. The van der Waals surface area contributed by atoms with Crippen LogP contribution < -0.4 is 5.32 Å². The molecule has 1 aromatic heterocycles. The van der Waals surface area contributed by atoms with Crippen LogP contribution in [0.3, 0.4) is 0 Å². The number of nitrogens with zero attached hydrogens (tertiary/aromatic N) is 1. The summed E-state index contributed by atoms with van der Waals surface area (Å²) in [5.74, 6) is -1.37. The molecule has 5 nitrogen and oxygen atoms in total. The first kappa shape index (κ1) is 17.9. The Morgan fingerprint density at radius 2 is 1.96 bits per heavy atom. The van der Waals surface area contributed by atoms with E-state index in [1.54, 1.807) is 12.1 Å². The van der Waals surface area contributed by atoms with Gasteiger partial charge in [0.1, 0.15) is 11.0 Å². The summed E-state index contributed by atoms with van der Waals surface area (Å²) in [4.78, 5) is 27.6. The van der Waals surface area contributed by atoms with Crippen LogP contribution in [0.1, 0.15) is 22.8 Å². The van der Waals surface area contributed by atoms with Crippen LogP contribution in [-0.4, -0.2) is 29.5 Å². The second kappa shape index (κ2) is 8.40. The van der Waals surface area contributed by atoms with Crippen molar-refractivity contribution in [3.63, 3.8) is 0 Å². The molecule has 1 heterocycles. The number of amides is 1. The van der Waals surface area contributed by atoms with E-state index < -0.39 is 18.0 Å². The molecule has 0 aliphatic carbocycles.